The molecule has 0 saturated carbocycles. The molecule has 0 unspecified atom stereocenters. The van der Waals surface area contributed by atoms with Crippen molar-refractivity contribution in [3.63, 3.8) is 0 Å². The van der Waals surface area contributed by atoms with Crippen molar-refractivity contribution in [3.8, 4) is 0 Å². The number of unbranched alkanes of at least 4 members (excludes halogenated alkanes) is 14. The van der Waals surface area contributed by atoms with Gasteiger partial charge in [-0.3, -0.25) is 33.6 Å². The van der Waals surface area contributed by atoms with Crippen molar-refractivity contribution in [3.05, 3.63) is 0 Å². The van der Waals surface area contributed by atoms with E-state index in [1.165, 1.54) is 0 Å². The monoisotopic (exact) mass is 1810 g/mol. The maximum Gasteiger partial charge on any atom is 0.220 e. The van der Waals surface area contributed by atoms with Crippen LogP contribution in [-0.4, -0.2) is 374 Å². The summed E-state index contributed by atoms with van der Waals surface area (Å²) in [4.78, 5) is 95.3. The molecule has 0 aromatic heterocycles. The quantitative estimate of drug-likeness (QED) is 0.0266. The molecule has 21 aliphatic heterocycles. The van der Waals surface area contributed by atoms with Crippen LogP contribution in [0.3, 0.4) is 0 Å². The first-order chi connectivity index (χ1) is 60.4. The normalized spacial score (nSPS) is 38.1. The third kappa shape index (κ3) is 30.6. The van der Waals surface area contributed by atoms with E-state index in [0.29, 0.717) is 89.9 Å². The van der Waals surface area contributed by atoms with Gasteiger partial charge in [0.15, 0.2) is 44.0 Å². The molecular formula is C84H147N7O35. The molecule has 0 aliphatic carbocycles. The Balaban J connectivity index is 1.25. The van der Waals surface area contributed by atoms with Crippen LogP contribution in [-0.2, 0) is 99.9 Å². The van der Waals surface area contributed by atoms with Crippen molar-refractivity contribution >= 4 is 41.4 Å². The molecule has 42 nitrogen and oxygen atoms in total. The highest BCUT2D eigenvalue weighted by atomic mass is 16.8. The van der Waals surface area contributed by atoms with Gasteiger partial charge in [-0.25, -0.2) is 0 Å². The number of aliphatic hydroxyl groups excluding tert-OH is 14. The zero-order valence-corrected chi connectivity index (χ0v) is 73.8. The highest BCUT2D eigenvalue weighted by Crippen LogP contribution is 2.40. The second-order valence-electron chi connectivity index (χ2n) is 34.2. The zero-order chi connectivity index (χ0) is 91.8. The molecule has 21 aliphatic rings. The summed E-state index contributed by atoms with van der Waals surface area (Å²) in [5, 5.41) is 193. The van der Waals surface area contributed by atoms with Crippen LogP contribution in [0, 0.1) is 0 Å². The summed E-state index contributed by atoms with van der Waals surface area (Å²) in [7, 11) is 0. The van der Waals surface area contributed by atoms with Gasteiger partial charge in [0.25, 0.3) is 0 Å². The van der Waals surface area contributed by atoms with Crippen LogP contribution < -0.4 is 37.2 Å². The van der Waals surface area contributed by atoms with E-state index in [0.717, 1.165) is 44.9 Å². The summed E-state index contributed by atoms with van der Waals surface area (Å²) in [6.45, 7) is 9.44. The average molecular weight is 1820 g/mol. The van der Waals surface area contributed by atoms with E-state index in [2.05, 4.69) is 37.2 Å². The number of hydrogen-bond acceptors (Lipinski definition) is 35. The van der Waals surface area contributed by atoms with E-state index < -0.39 is 302 Å². The average Bonchev–Trinajstić information content (AvgIpc) is 0.789. The van der Waals surface area contributed by atoms with Crippen molar-refractivity contribution in [1.82, 2.24) is 37.2 Å². The van der Waals surface area contributed by atoms with Crippen molar-refractivity contribution < 1.29 is 171 Å². The van der Waals surface area contributed by atoms with Gasteiger partial charge in [-0.1, -0.05) is 138 Å². The van der Waals surface area contributed by atoms with Crippen LogP contribution in [0.25, 0.3) is 0 Å². The molecule has 35 atom stereocenters. The number of ether oxygens (including phenoxy) is 14. The first-order valence-electron chi connectivity index (χ1n) is 46.0. The molecule has 14 bridgehead atoms. The molecule has 0 spiro atoms. The summed E-state index contributed by atoms with van der Waals surface area (Å²) in [5.74, 6) is -3.66. The second kappa shape index (κ2) is 54.4. The smallest absolute Gasteiger partial charge is 0.220 e. The van der Waals surface area contributed by atoms with Gasteiger partial charge in [0.1, 0.15) is 171 Å². The minimum absolute atomic E-state index is 0.00273. The minimum Gasteiger partial charge on any atom is -0.387 e. The summed E-state index contributed by atoms with van der Waals surface area (Å²) < 4.78 is 89.4. The van der Waals surface area contributed by atoms with E-state index in [4.69, 9.17) is 66.3 Å². The Bertz CT molecular complexity index is 2660. The van der Waals surface area contributed by atoms with Crippen molar-refractivity contribution in [2.24, 2.45) is 0 Å². The molecule has 42 heteroatoms. The molecule has 21 N–H and O–H groups in total. The first-order valence-corrected chi connectivity index (χ1v) is 46.0. The van der Waals surface area contributed by atoms with Gasteiger partial charge in [-0.15, -0.1) is 0 Å². The lowest BCUT2D eigenvalue weighted by atomic mass is 9.94. The fourth-order valence-electron chi connectivity index (χ4n) is 16.4. The molecule has 0 radical (unpaired) electrons. The van der Waals surface area contributed by atoms with Gasteiger partial charge >= 0.3 is 0 Å². The third-order valence-corrected chi connectivity index (χ3v) is 24.1. The van der Waals surface area contributed by atoms with Crippen molar-refractivity contribution in [1.29, 1.82) is 0 Å². The summed E-state index contributed by atoms with van der Waals surface area (Å²) in [6.07, 6.45) is -58.7. The molecule has 21 fully saturated rings. The Kier molecular flexibility index (Phi) is 46.0. The highest BCUT2D eigenvalue weighted by molar-refractivity contribution is 5.78. The molecule has 728 valence electrons. The molecule has 21 rings (SSSR count). The SMILES string of the molecule is CCCCCC(=O)NC[C@H]1O[C@@H]2O[C@H]3[C@H](O)[C@@H](O)[C@@H](O[C@H]4[C@H](O)[C@@H](O)[C@@H](O[C@H]5[C@H](O)[C@@H](O)[C@@H](O[C@H]6[C@H](O)[C@@H](O)[C@@H](O[C@H]7[C@H](O)[C@@H](O)[C@@H](O[C@H]8[C@H](O)[C@@H](O)[C@@H](O[C@H]1[C@H](O)[C@H]2O)O[C@@H]8CNC(=O)CCCCC)O[C@@H]7CNC(=O)CCCCC)O[C@@H]6CNC(=O)CCCCC)O[C@@H]5CNC(=O)CCCCC)O[C@@H]4CNC(=O)CCCCC)O[C@@H]3CNC(=O)CCCCC. The van der Waals surface area contributed by atoms with Crippen LogP contribution in [0.15, 0.2) is 0 Å². The number of rotatable bonds is 42. The maximum atomic E-state index is 13.6. The van der Waals surface area contributed by atoms with Crippen LogP contribution in [0.1, 0.15) is 228 Å². The van der Waals surface area contributed by atoms with Gasteiger partial charge in [0, 0.05) is 90.8 Å². The van der Waals surface area contributed by atoms with E-state index in [9.17, 15) is 105 Å². The highest BCUT2D eigenvalue weighted by Gasteiger charge is 2.60. The van der Waals surface area contributed by atoms with Crippen LogP contribution in [0.2, 0.25) is 0 Å². The topological polar surface area (TPSA) is 616 Å². The van der Waals surface area contributed by atoms with Crippen LogP contribution >= 0.6 is 0 Å². The van der Waals surface area contributed by atoms with Gasteiger partial charge < -0.3 is 175 Å². The number of aliphatic hydroxyl groups is 14. The lowest BCUT2D eigenvalue weighted by molar-refractivity contribution is -0.391. The Morgan fingerprint density at radius 3 is 0.389 bits per heavy atom. The number of carbonyl (C=O) groups excluding carboxylic acids is 7. The Morgan fingerprint density at radius 2 is 0.286 bits per heavy atom. The second-order valence-corrected chi connectivity index (χ2v) is 34.2. The Labute approximate surface area is 736 Å². The summed E-state index contributed by atoms with van der Waals surface area (Å²) >= 11 is 0. The largest absolute Gasteiger partial charge is 0.387 e. The van der Waals surface area contributed by atoms with Gasteiger partial charge in [-0.2, -0.15) is 0 Å². The molecule has 21 heterocycles. The van der Waals surface area contributed by atoms with Gasteiger partial charge in [-0.05, 0) is 44.9 Å². The van der Waals surface area contributed by atoms with E-state index in [1.807, 2.05) is 48.5 Å². The minimum atomic E-state index is -2.28. The first kappa shape index (κ1) is 107. The Morgan fingerprint density at radius 1 is 0.175 bits per heavy atom. The van der Waals surface area contributed by atoms with E-state index in [-0.39, 0.29) is 44.9 Å². The predicted molar refractivity (Wildman–Crippen MR) is 439 cm³/mol. The van der Waals surface area contributed by atoms with Crippen LogP contribution in [0.5, 0.6) is 0 Å². The third-order valence-electron chi connectivity index (χ3n) is 24.1. The van der Waals surface area contributed by atoms with Gasteiger partial charge in [0.05, 0.1) is 0 Å². The number of nitrogens with one attached hydrogen (secondary N) is 7. The van der Waals surface area contributed by atoms with Gasteiger partial charge in [0.2, 0.25) is 41.4 Å². The maximum absolute atomic E-state index is 13.6. The van der Waals surface area contributed by atoms with Crippen molar-refractivity contribution in [2.45, 2.75) is 443 Å². The number of amides is 7. The molecule has 0 aromatic rings. The molecule has 0 aromatic carbocycles. The molecule has 126 heavy (non-hydrogen) atoms. The fraction of sp³-hybridized carbons (Fsp3) is 0.917. The fourth-order valence-corrected chi connectivity index (χ4v) is 16.4. The molecular weight excluding hydrogens is 1670 g/mol. The van der Waals surface area contributed by atoms with E-state index >= 15 is 0 Å². The lowest BCUT2D eigenvalue weighted by Gasteiger charge is -2.50. The lowest BCUT2D eigenvalue weighted by Crippen LogP contribution is -2.69. The van der Waals surface area contributed by atoms with E-state index in [1.54, 1.807) is 0 Å². The zero-order valence-electron chi connectivity index (χ0n) is 73.8. The summed E-state index contributed by atoms with van der Waals surface area (Å²) in [6, 6.07) is 0. The summed E-state index contributed by atoms with van der Waals surface area (Å²) in [5.41, 5.74) is 0. The number of carbonyl (C=O) groups is 7. The van der Waals surface area contributed by atoms with Crippen molar-refractivity contribution in [2.75, 3.05) is 45.8 Å². The van der Waals surface area contributed by atoms with Crippen LogP contribution in [0.4, 0.5) is 0 Å². The number of hydrogen-bond donors (Lipinski definition) is 21. The predicted octanol–water partition coefficient (Wildman–Crippen LogP) is -3.30. The Hall–Kier alpha value is -4.83. The standard InChI is InChI=1S/C84H147N7O35/c1-8-15-22-29-50(92)85-36-43-71-57(99)64(106)78(113-43)121-72-44(37-86-51(93)30-23-16-9-2)115-80(66(108)59(72)101)123-74-46(39-88-53(95)32-25-18-11-4)117-82(68(110)61(74)103)125-76-48(41-90-55(97)34-27-20-13-6)119-84(70(112)63(76)105)126-77-49(42-91-56(98)35-28-21-14-7)118-83(69(111)62(77)104)124-75-47(40-89-54(96)33-26-19-12-5)116-81(67(109)60(75)102)122-73-45(38-87-52(94)31-24-17-10-3)114-79(120-71)65(107)58(73)100/h43-49,57-84,99-112H,8-42H2,1-7H3,(H,85,92)(H,86,93)(H,87,94)(H,88,95)(H,89,96)(H,90,97)(H,91,98)/t43-,44-,45-,46-,47-,48-,49-,57-,58-,59-,60-,61-,62-,63-,64-,65-,66-,67-,68-,69-,70-,71-,72-,73-,74-,75-,76-,77-,78-,79-,80-,81-,82-,83-,84-/m1/s1. The molecule has 21 saturated heterocycles. The molecule has 7 amide bonds.